The lowest BCUT2D eigenvalue weighted by atomic mass is 10.3. The first-order valence-corrected chi connectivity index (χ1v) is 4.12. The quantitative estimate of drug-likeness (QED) is 0.621. The first kappa shape index (κ1) is 8.85. The number of rotatable bonds is 3. The van der Waals surface area contributed by atoms with Crippen molar-refractivity contribution in [3.63, 3.8) is 0 Å². The molecule has 0 aliphatic heterocycles. The summed E-state index contributed by atoms with van der Waals surface area (Å²) in [4.78, 5) is 0. The molecule has 0 N–H and O–H groups in total. The highest BCUT2D eigenvalue weighted by Crippen LogP contribution is 2.09. The Morgan fingerprint density at radius 1 is 1.33 bits per heavy atom. The fraction of sp³-hybridized carbons (Fsp3) is 0.273. The number of benzene rings is 1. The third-order valence-corrected chi connectivity index (χ3v) is 1.70. The van der Waals surface area contributed by atoms with Gasteiger partial charge in [-0.3, -0.25) is 0 Å². The highest BCUT2D eigenvalue weighted by Gasteiger charge is 1.90. The van der Waals surface area contributed by atoms with E-state index in [0.717, 1.165) is 5.75 Å². The molecule has 1 aromatic rings. The molecule has 0 atom stereocenters. The zero-order valence-electron chi connectivity index (χ0n) is 7.58. The Kier molecular flexibility index (Phi) is 3.39. The maximum absolute atomic E-state index is 5.49. The van der Waals surface area contributed by atoms with E-state index in [1.807, 2.05) is 37.3 Å². The van der Waals surface area contributed by atoms with Gasteiger partial charge in [0.15, 0.2) is 0 Å². The van der Waals surface area contributed by atoms with Crippen LogP contribution in [0.2, 0.25) is 0 Å². The maximum atomic E-state index is 5.49. The third-order valence-electron chi connectivity index (χ3n) is 1.70. The van der Waals surface area contributed by atoms with Gasteiger partial charge in [-0.2, -0.15) is 0 Å². The standard InChI is InChI=1S/C11H14O/c1-3-10(2)9-12-11-7-5-4-6-8-11/h3-8H,9H2,1-2H3. The molecule has 0 aromatic heterocycles. The monoisotopic (exact) mass is 162 g/mol. The molecular weight excluding hydrogens is 148 g/mol. The Morgan fingerprint density at radius 2 is 2.00 bits per heavy atom. The molecule has 1 heteroatoms. The molecule has 0 amide bonds. The fourth-order valence-electron chi connectivity index (χ4n) is 0.797. The van der Waals surface area contributed by atoms with Crippen molar-refractivity contribution >= 4 is 0 Å². The van der Waals surface area contributed by atoms with Gasteiger partial charge in [-0.15, -0.1) is 0 Å². The van der Waals surface area contributed by atoms with E-state index in [1.54, 1.807) is 0 Å². The van der Waals surface area contributed by atoms with Crippen molar-refractivity contribution < 1.29 is 4.74 Å². The van der Waals surface area contributed by atoms with Crippen molar-refractivity contribution in [1.82, 2.24) is 0 Å². The Hall–Kier alpha value is -1.24. The van der Waals surface area contributed by atoms with Crippen LogP contribution < -0.4 is 4.74 Å². The van der Waals surface area contributed by atoms with Crippen molar-refractivity contribution in [2.75, 3.05) is 6.61 Å². The topological polar surface area (TPSA) is 9.23 Å². The number of allylic oxidation sites excluding steroid dienone is 1. The average molecular weight is 162 g/mol. The summed E-state index contributed by atoms with van der Waals surface area (Å²) in [6.45, 7) is 4.76. The van der Waals surface area contributed by atoms with Crippen molar-refractivity contribution in [2.45, 2.75) is 13.8 Å². The fourth-order valence-corrected chi connectivity index (χ4v) is 0.797. The van der Waals surface area contributed by atoms with Gasteiger partial charge in [-0.25, -0.2) is 0 Å². The van der Waals surface area contributed by atoms with Gasteiger partial charge in [-0.1, -0.05) is 24.3 Å². The highest BCUT2D eigenvalue weighted by atomic mass is 16.5. The second-order valence-electron chi connectivity index (χ2n) is 2.74. The van der Waals surface area contributed by atoms with Crippen LogP contribution in [0, 0.1) is 0 Å². The predicted molar refractivity (Wildman–Crippen MR) is 51.4 cm³/mol. The number of hydrogen-bond donors (Lipinski definition) is 0. The lowest BCUT2D eigenvalue weighted by Crippen LogP contribution is -1.97. The van der Waals surface area contributed by atoms with Crippen molar-refractivity contribution in [3.05, 3.63) is 42.0 Å². The van der Waals surface area contributed by atoms with Crippen LogP contribution in [-0.4, -0.2) is 6.61 Å². The lowest BCUT2D eigenvalue weighted by Gasteiger charge is -2.04. The molecule has 0 aliphatic carbocycles. The zero-order chi connectivity index (χ0) is 8.81. The van der Waals surface area contributed by atoms with E-state index in [4.69, 9.17) is 4.74 Å². The van der Waals surface area contributed by atoms with Crippen LogP contribution in [0.1, 0.15) is 13.8 Å². The Morgan fingerprint density at radius 3 is 2.58 bits per heavy atom. The molecule has 1 nitrogen and oxygen atoms in total. The minimum atomic E-state index is 0.681. The van der Waals surface area contributed by atoms with E-state index in [9.17, 15) is 0 Å². The second kappa shape index (κ2) is 4.60. The van der Waals surface area contributed by atoms with Crippen LogP contribution >= 0.6 is 0 Å². The van der Waals surface area contributed by atoms with Crippen molar-refractivity contribution in [3.8, 4) is 5.75 Å². The van der Waals surface area contributed by atoms with E-state index in [0.29, 0.717) is 6.61 Å². The van der Waals surface area contributed by atoms with E-state index >= 15 is 0 Å². The van der Waals surface area contributed by atoms with Crippen LogP contribution in [0.5, 0.6) is 5.75 Å². The van der Waals surface area contributed by atoms with Gasteiger partial charge in [0.1, 0.15) is 12.4 Å². The summed E-state index contributed by atoms with van der Waals surface area (Å²) in [6.07, 6.45) is 2.06. The zero-order valence-corrected chi connectivity index (χ0v) is 7.58. The molecule has 12 heavy (non-hydrogen) atoms. The van der Waals surface area contributed by atoms with Gasteiger partial charge >= 0.3 is 0 Å². The molecule has 1 rings (SSSR count). The van der Waals surface area contributed by atoms with E-state index in [1.165, 1.54) is 5.57 Å². The molecule has 1 aromatic carbocycles. The maximum Gasteiger partial charge on any atom is 0.119 e. The number of ether oxygens (including phenoxy) is 1. The van der Waals surface area contributed by atoms with Crippen molar-refractivity contribution in [1.29, 1.82) is 0 Å². The average Bonchev–Trinajstić information content (AvgIpc) is 2.16. The molecule has 0 saturated heterocycles. The van der Waals surface area contributed by atoms with Gasteiger partial charge in [0.05, 0.1) is 0 Å². The van der Waals surface area contributed by atoms with Crippen LogP contribution in [0.25, 0.3) is 0 Å². The van der Waals surface area contributed by atoms with Crippen molar-refractivity contribution in [2.24, 2.45) is 0 Å². The summed E-state index contributed by atoms with van der Waals surface area (Å²) in [5, 5.41) is 0. The first-order chi connectivity index (χ1) is 5.83. The van der Waals surface area contributed by atoms with Crippen LogP contribution in [0.4, 0.5) is 0 Å². The molecule has 0 aliphatic rings. The molecule has 0 fully saturated rings. The second-order valence-corrected chi connectivity index (χ2v) is 2.74. The van der Waals surface area contributed by atoms with Gasteiger partial charge in [0, 0.05) is 0 Å². The van der Waals surface area contributed by atoms with Gasteiger partial charge < -0.3 is 4.74 Å². The third kappa shape index (κ3) is 2.79. The number of para-hydroxylation sites is 1. The minimum Gasteiger partial charge on any atom is -0.489 e. The van der Waals surface area contributed by atoms with Crippen LogP contribution in [0.15, 0.2) is 42.0 Å². The van der Waals surface area contributed by atoms with Gasteiger partial charge in [0.25, 0.3) is 0 Å². The van der Waals surface area contributed by atoms with E-state index < -0.39 is 0 Å². The smallest absolute Gasteiger partial charge is 0.119 e. The molecule has 0 saturated carbocycles. The van der Waals surface area contributed by atoms with Crippen LogP contribution in [-0.2, 0) is 0 Å². The van der Waals surface area contributed by atoms with E-state index in [-0.39, 0.29) is 0 Å². The van der Waals surface area contributed by atoms with Crippen LogP contribution in [0.3, 0.4) is 0 Å². The normalized spacial score (nSPS) is 11.3. The summed E-state index contributed by atoms with van der Waals surface area (Å²) < 4.78 is 5.49. The minimum absolute atomic E-state index is 0.681. The molecule has 64 valence electrons. The Balaban J connectivity index is 2.44. The summed E-state index contributed by atoms with van der Waals surface area (Å²) in [7, 11) is 0. The molecule has 0 bridgehead atoms. The Bertz CT molecular complexity index is 249. The summed E-state index contributed by atoms with van der Waals surface area (Å²) in [5.41, 5.74) is 1.25. The summed E-state index contributed by atoms with van der Waals surface area (Å²) in [5.74, 6) is 0.929. The SMILES string of the molecule is CC=C(C)COc1ccccc1. The molecule has 0 radical (unpaired) electrons. The first-order valence-electron chi connectivity index (χ1n) is 4.12. The summed E-state index contributed by atoms with van der Waals surface area (Å²) in [6, 6.07) is 9.85. The van der Waals surface area contributed by atoms with Gasteiger partial charge in [-0.05, 0) is 31.6 Å². The predicted octanol–water partition coefficient (Wildman–Crippen LogP) is 3.03. The number of hydrogen-bond acceptors (Lipinski definition) is 1. The lowest BCUT2D eigenvalue weighted by molar-refractivity contribution is 0.352. The summed E-state index contributed by atoms with van der Waals surface area (Å²) >= 11 is 0. The molecular formula is C11H14O. The van der Waals surface area contributed by atoms with E-state index in [2.05, 4.69) is 13.0 Å². The molecule has 0 heterocycles. The molecule has 0 unspecified atom stereocenters. The highest BCUT2D eigenvalue weighted by molar-refractivity contribution is 5.21. The largest absolute Gasteiger partial charge is 0.489 e. The Labute approximate surface area is 73.7 Å². The molecule has 0 spiro atoms. The van der Waals surface area contributed by atoms with Gasteiger partial charge in [0.2, 0.25) is 0 Å².